The van der Waals surface area contributed by atoms with Gasteiger partial charge in [-0.3, -0.25) is 0 Å². The van der Waals surface area contributed by atoms with Crippen molar-refractivity contribution in [1.82, 2.24) is 0 Å². The second-order valence-electron chi connectivity index (χ2n) is 24.6. The molecule has 1 aromatic heterocycles. The van der Waals surface area contributed by atoms with E-state index in [-0.39, 0.29) is 32.5 Å². The van der Waals surface area contributed by atoms with E-state index in [0.29, 0.717) is 0 Å². The summed E-state index contributed by atoms with van der Waals surface area (Å²) in [6.45, 7) is 35.9. The van der Waals surface area contributed by atoms with E-state index in [1.807, 2.05) is 0 Å². The van der Waals surface area contributed by atoms with Gasteiger partial charge in [-0.15, -0.1) is 0 Å². The molecule has 0 spiro atoms. The molecule has 0 bridgehead atoms. The molecule has 3 heteroatoms. The zero-order valence-corrected chi connectivity index (χ0v) is 42.2. The summed E-state index contributed by atoms with van der Waals surface area (Å²) in [5.74, 6) is 0. The average molecular weight is 861 g/mol. The topological polar surface area (TPSA) is 19.6 Å². The summed E-state index contributed by atoms with van der Waals surface area (Å²) < 4.78 is 6.73. The fourth-order valence-corrected chi connectivity index (χ4v) is 12.7. The van der Waals surface area contributed by atoms with Crippen molar-refractivity contribution in [2.45, 2.75) is 168 Å². The summed E-state index contributed by atoms with van der Waals surface area (Å²) in [5.41, 5.74) is 22.1. The minimum atomic E-state index is 0.0674. The number of fused-ring (bicyclic) bond motifs is 6. The van der Waals surface area contributed by atoms with Gasteiger partial charge in [0.15, 0.2) is 0 Å². The van der Waals surface area contributed by atoms with E-state index < -0.39 is 0 Å². The van der Waals surface area contributed by atoms with Crippen LogP contribution >= 0.6 is 0 Å². The maximum Gasteiger partial charge on any atom is 0.135 e. The van der Waals surface area contributed by atoms with Crippen molar-refractivity contribution in [1.29, 1.82) is 0 Å². The fraction of sp³-hybridized carbons (Fsp3) is 0.419. The van der Waals surface area contributed by atoms with Gasteiger partial charge in [-0.2, -0.15) is 0 Å². The first-order valence-corrected chi connectivity index (χ1v) is 24.5. The molecule has 3 aliphatic carbocycles. The molecule has 0 aliphatic heterocycles. The Kier molecular flexibility index (Phi) is 9.63. The summed E-state index contributed by atoms with van der Waals surface area (Å²) in [7, 11) is 0. The van der Waals surface area contributed by atoms with Crippen LogP contribution in [-0.2, 0) is 32.5 Å². The van der Waals surface area contributed by atoms with E-state index in [0.717, 1.165) is 40.0 Å². The zero-order chi connectivity index (χ0) is 46.4. The molecule has 336 valence electrons. The molecule has 0 atom stereocenters. The number of benzene rings is 6. The van der Waals surface area contributed by atoms with Crippen LogP contribution in [0.4, 0.5) is 34.1 Å². The molecule has 0 unspecified atom stereocenters. The molecule has 0 radical (unpaired) electrons. The van der Waals surface area contributed by atoms with Crippen LogP contribution in [0.15, 0.2) is 108 Å². The second kappa shape index (κ2) is 14.4. The molecule has 0 saturated heterocycles. The van der Waals surface area contributed by atoms with Crippen LogP contribution in [0.3, 0.4) is 0 Å². The van der Waals surface area contributed by atoms with Gasteiger partial charge in [0, 0.05) is 44.9 Å². The minimum Gasteiger partial charge on any atom is -0.456 e. The second-order valence-corrected chi connectivity index (χ2v) is 24.6. The minimum absolute atomic E-state index is 0.0674. The number of hydrogen-bond acceptors (Lipinski definition) is 3. The van der Waals surface area contributed by atoms with Gasteiger partial charge in [0.2, 0.25) is 0 Å². The van der Waals surface area contributed by atoms with Crippen molar-refractivity contribution in [3.8, 4) is 0 Å². The maximum absolute atomic E-state index is 6.73. The fourth-order valence-electron chi connectivity index (χ4n) is 12.7. The zero-order valence-electron chi connectivity index (χ0n) is 42.2. The number of para-hydroxylation sites is 1. The molecule has 65 heavy (non-hydrogen) atoms. The number of anilines is 6. The molecule has 0 amide bonds. The van der Waals surface area contributed by atoms with Gasteiger partial charge in [-0.05, 0) is 208 Å². The lowest BCUT2D eigenvalue weighted by Crippen LogP contribution is -2.34. The molecule has 6 aromatic carbocycles. The number of rotatable bonds is 6. The molecule has 1 heterocycles. The molecule has 0 saturated carbocycles. The lowest BCUT2D eigenvalue weighted by molar-refractivity contribution is 0.332. The van der Waals surface area contributed by atoms with Crippen molar-refractivity contribution in [3.63, 3.8) is 0 Å². The van der Waals surface area contributed by atoms with E-state index in [9.17, 15) is 0 Å². The Balaban J connectivity index is 1.20. The summed E-state index contributed by atoms with van der Waals surface area (Å²) in [6.07, 6.45) is 5.85. The molecule has 10 rings (SSSR count). The van der Waals surface area contributed by atoms with Gasteiger partial charge in [-0.25, -0.2) is 0 Å². The maximum atomic E-state index is 6.73. The Morgan fingerprint density at radius 1 is 0.369 bits per heavy atom. The summed E-state index contributed by atoms with van der Waals surface area (Å²) in [5, 5.41) is 2.36. The average Bonchev–Trinajstić information content (AvgIpc) is 3.68. The quantitative estimate of drug-likeness (QED) is 0.166. The van der Waals surface area contributed by atoms with E-state index in [1.165, 1.54) is 98.2 Å². The normalized spacial score (nSPS) is 19.4. The van der Waals surface area contributed by atoms with Gasteiger partial charge in [0.25, 0.3) is 0 Å². The van der Waals surface area contributed by atoms with Gasteiger partial charge in [0.1, 0.15) is 11.2 Å². The van der Waals surface area contributed by atoms with Crippen molar-refractivity contribution in [2.75, 3.05) is 9.80 Å². The first-order chi connectivity index (χ1) is 30.4. The smallest absolute Gasteiger partial charge is 0.135 e. The highest BCUT2D eigenvalue weighted by molar-refractivity contribution is 6.07. The lowest BCUT2D eigenvalue weighted by Gasteiger charge is -2.43. The monoisotopic (exact) mass is 861 g/mol. The Bertz CT molecular complexity index is 3070. The molecule has 3 aliphatic rings. The van der Waals surface area contributed by atoms with Gasteiger partial charge in [0.05, 0.1) is 0 Å². The Hall–Kier alpha value is -5.28. The van der Waals surface area contributed by atoms with Crippen molar-refractivity contribution in [3.05, 3.63) is 153 Å². The van der Waals surface area contributed by atoms with Crippen LogP contribution in [0.5, 0.6) is 0 Å². The van der Waals surface area contributed by atoms with Gasteiger partial charge in [-0.1, -0.05) is 113 Å². The number of furan rings is 1. The Morgan fingerprint density at radius 3 is 1.49 bits per heavy atom. The first kappa shape index (κ1) is 43.6. The van der Waals surface area contributed by atoms with E-state index in [2.05, 4.69) is 217 Å². The third kappa shape index (κ3) is 7.05. The third-order valence-corrected chi connectivity index (χ3v) is 16.6. The van der Waals surface area contributed by atoms with Crippen LogP contribution in [0.1, 0.15) is 165 Å². The summed E-state index contributed by atoms with van der Waals surface area (Å²) in [4.78, 5) is 5.06. The molecular weight excluding hydrogens is 789 g/mol. The van der Waals surface area contributed by atoms with E-state index >= 15 is 0 Å². The van der Waals surface area contributed by atoms with Gasteiger partial charge >= 0.3 is 0 Å². The molecule has 0 N–H and O–H groups in total. The predicted molar refractivity (Wildman–Crippen MR) is 279 cm³/mol. The van der Waals surface area contributed by atoms with Gasteiger partial charge < -0.3 is 14.2 Å². The van der Waals surface area contributed by atoms with E-state index in [4.69, 9.17) is 4.42 Å². The van der Waals surface area contributed by atoms with E-state index in [1.54, 1.807) is 0 Å². The molecule has 7 aromatic rings. The summed E-state index contributed by atoms with van der Waals surface area (Å²) >= 11 is 0. The standard InChI is InChI=1S/C62H72N2O/c1-38-28-43(63(53-19-17-16-18-39(53)2)41-21-23-55-45(32-41)46-34-50-52(36-56(46)65-55)60(10,11)27-25-58(50,6)7)31-44(29-38)64(42-20-22-47-49(33-42)62(14,15)37-61(47,12)13)54-35-51-48(30-40(54)3)57(4,5)24-26-59(51,8)9/h16-23,28-36H,24-27,37H2,1-15H3. The number of hydrogen-bond donors (Lipinski definition) is 0. The molecular formula is C62H72N2O. The van der Waals surface area contributed by atoms with Crippen LogP contribution in [0.25, 0.3) is 21.9 Å². The number of aryl methyl sites for hydroxylation is 3. The van der Waals surface area contributed by atoms with Crippen LogP contribution in [0.2, 0.25) is 0 Å². The highest BCUT2D eigenvalue weighted by Crippen LogP contribution is 2.54. The lowest BCUT2D eigenvalue weighted by atomic mass is 9.63. The predicted octanol–water partition coefficient (Wildman–Crippen LogP) is 18.1. The third-order valence-electron chi connectivity index (χ3n) is 16.6. The number of nitrogens with zero attached hydrogens (tertiary/aromatic N) is 2. The summed E-state index contributed by atoms with van der Waals surface area (Å²) in [6, 6.07) is 40.1. The van der Waals surface area contributed by atoms with Crippen molar-refractivity contribution < 1.29 is 4.42 Å². The molecule has 3 nitrogen and oxygen atoms in total. The van der Waals surface area contributed by atoms with Crippen LogP contribution in [0, 0.1) is 20.8 Å². The Morgan fingerprint density at radius 2 is 0.862 bits per heavy atom. The SMILES string of the molecule is Cc1cc(N(c2ccc3oc4cc5c(cc4c3c2)C(C)(C)CCC5(C)C)c2ccccc2C)cc(N(c2ccc3c(c2)C(C)(C)CC3(C)C)c2cc3c(cc2C)C(C)(C)CCC3(C)C)c1. The molecule has 0 fully saturated rings. The van der Waals surface area contributed by atoms with Crippen LogP contribution < -0.4 is 9.80 Å². The van der Waals surface area contributed by atoms with Crippen molar-refractivity contribution >= 4 is 56.1 Å². The first-order valence-electron chi connectivity index (χ1n) is 24.5. The largest absolute Gasteiger partial charge is 0.456 e. The highest BCUT2D eigenvalue weighted by atomic mass is 16.3. The van der Waals surface area contributed by atoms with Crippen molar-refractivity contribution in [2.24, 2.45) is 0 Å². The Labute approximate surface area is 390 Å². The highest BCUT2D eigenvalue weighted by Gasteiger charge is 2.43. The van der Waals surface area contributed by atoms with Crippen LogP contribution in [-0.4, -0.2) is 0 Å².